The monoisotopic (exact) mass is 379 g/mol. The minimum atomic E-state index is -0.308. The zero-order chi connectivity index (χ0) is 19.1. The molecule has 0 bridgehead atoms. The summed E-state index contributed by atoms with van der Waals surface area (Å²) in [5, 5.41) is 5.04. The number of halogens is 1. The molecule has 0 saturated heterocycles. The number of carbonyl (C=O) groups excluding carboxylic acids is 2. The first-order chi connectivity index (χ1) is 12.4. The first-order valence-electron chi connectivity index (χ1n) is 8.24. The van der Waals surface area contributed by atoms with Crippen LogP contribution in [0.4, 0.5) is 9.52 Å². The smallest absolute Gasteiger partial charge is 0.309 e. The largest absolute Gasteiger partial charge is 0.469 e. The molecule has 26 heavy (non-hydrogen) atoms. The van der Waals surface area contributed by atoms with Crippen LogP contribution >= 0.6 is 11.3 Å². The Morgan fingerprint density at radius 3 is 2.65 bits per heavy atom. The fraction of sp³-hybridized carbons (Fsp3) is 0.389. The van der Waals surface area contributed by atoms with E-state index in [4.69, 9.17) is 4.74 Å². The van der Waals surface area contributed by atoms with Crippen molar-refractivity contribution in [3.05, 3.63) is 35.5 Å². The number of hydrogen-bond donors (Lipinski definition) is 1. The molecule has 1 unspecified atom stereocenters. The van der Waals surface area contributed by atoms with E-state index < -0.39 is 0 Å². The summed E-state index contributed by atoms with van der Waals surface area (Å²) < 4.78 is 17.7. The summed E-state index contributed by atoms with van der Waals surface area (Å²) in [6.45, 7) is 4.92. The summed E-state index contributed by atoms with van der Waals surface area (Å²) in [6, 6.07) is 6.02. The molecule has 1 aromatic carbocycles. The van der Waals surface area contributed by atoms with Crippen LogP contribution in [-0.2, 0) is 14.3 Å². The van der Waals surface area contributed by atoms with Crippen molar-refractivity contribution in [3.63, 3.8) is 0 Å². The summed E-state index contributed by atoms with van der Waals surface area (Å²) in [7, 11) is 1.35. The predicted molar refractivity (Wildman–Crippen MR) is 99.4 cm³/mol. The van der Waals surface area contributed by atoms with Gasteiger partial charge in [-0.15, -0.1) is 11.3 Å². The van der Waals surface area contributed by atoms with Crippen molar-refractivity contribution in [3.8, 4) is 11.3 Å². The fourth-order valence-electron chi connectivity index (χ4n) is 2.41. The molecule has 0 fully saturated rings. The van der Waals surface area contributed by atoms with Crippen molar-refractivity contribution in [2.45, 2.75) is 13.8 Å². The Labute approximate surface area is 156 Å². The minimum absolute atomic E-state index is 0.156. The highest BCUT2D eigenvalue weighted by molar-refractivity contribution is 7.14. The third kappa shape index (κ3) is 5.60. The van der Waals surface area contributed by atoms with Crippen molar-refractivity contribution in [1.29, 1.82) is 0 Å². The zero-order valence-electron chi connectivity index (χ0n) is 15.0. The molecule has 0 radical (unpaired) electrons. The van der Waals surface area contributed by atoms with E-state index in [1.807, 2.05) is 11.8 Å². The van der Waals surface area contributed by atoms with Crippen molar-refractivity contribution in [2.24, 2.45) is 5.92 Å². The van der Waals surface area contributed by atoms with Gasteiger partial charge in [0.05, 0.1) is 25.3 Å². The van der Waals surface area contributed by atoms with Crippen molar-refractivity contribution in [2.75, 3.05) is 32.1 Å². The molecule has 1 atom stereocenters. The van der Waals surface area contributed by atoms with Gasteiger partial charge in [-0.3, -0.25) is 14.5 Å². The molecule has 2 aromatic rings. The molecule has 0 spiro atoms. The first kappa shape index (κ1) is 20.0. The van der Waals surface area contributed by atoms with Gasteiger partial charge in [0.15, 0.2) is 5.13 Å². The number of nitrogens with one attached hydrogen (secondary N) is 1. The highest BCUT2D eigenvalue weighted by atomic mass is 32.1. The number of ether oxygens (including phenoxy) is 1. The molecule has 8 heteroatoms. The van der Waals surface area contributed by atoms with Gasteiger partial charge in [-0.2, -0.15) is 0 Å². The van der Waals surface area contributed by atoms with E-state index in [1.165, 1.54) is 30.6 Å². The van der Waals surface area contributed by atoms with Gasteiger partial charge in [-0.1, -0.05) is 13.8 Å². The van der Waals surface area contributed by atoms with Gasteiger partial charge in [0.2, 0.25) is 5.91 Å². The number of aromatic nitrogens is 1. The second-order valence-corrected chi connectivity index (χ2v) is 6.70. The van der Waals surface area contributed by atoms with Gasteiger partial charge in [0.1, 0.15) is 5.82 Å². The van der Waals surface area contributed by atoms with Crippen LogP contribution in [0.3, 0.4) is 0 Å². The number of hydrogen-bond acceptors (Lipinski definition) is 6. The molecule has 6 nitrogen and oxygen atoms in total. The highest BCUT2D eigenvalue weighted by Crippen LogP contribution is 2.25. The lowest BCUT2D eigenvalue weighted by atomic mass is 10.1. The molecular weight excluding hydrogens is 357 g/mol. The lowest BCUT2D eigenvalue weighted by Crippen LogP contribution is -2.38. The number of carbonyl (C=O) groups is 2. The third-order valence-corrected chi connectivity index (χ3v) is 4.60. The number of benzene rings is 1. The van der Waals surface area contributed by atoms with Gasteiger partial charge < -0.3 is 10.1 Å². The lowest BCUT2D eigenvalue weighted by Gasteiger charge is -2.22. The molecule has 1 aromatic heterocycles. The van der Waals surface area contributed by atoms with Gasteiger partial charge in [0, 0.05) is 17.5 Å². The minimum Gasteiger partial charge on any atom is -0.469 e. The van der Waals surface area contributed by atoms with E-state index in [-0.39, 0.29) is 30.2 Å². The zero-order valence-corrected chi connectivity index (χ0v) is 15.8. The summed E-state index contributed by atoms with van der Waals surface area (Å²) in [6.07, 6.45) is 0. The van der Waals surface area contributed by atoms with Crippen molar-refractivity contribution in [1.82, 2.24) is 9.88 Å². The van der Waals surface area contributed by atoms with Crippen LogP contribution in [-0.4, -0.2) is 48.5 Å². The molecule has 1 amide bonds. The number of nitrogens with zero attached hydrogens (tertiary/aromatic N) is 2. The van der Waals surface area contributed by atoms with E-state index >= 15 is 0 Å². The quantitative estimate of drug-likeness (QED) is 0.714. The molecule has 1 N–H and O–H groups in total. The van der Waals surface area contributed by atoms with Crippen LogP contribution < -0.4 is 5.32 Å². The maximum atomic E-state index is 13.0. The molecule has 1 heterocycles. The van der Waals surface area contributed by atoms with Crippen molar-refractivity contribution >= 4 is 28.3 Å². The number of thiazole rings is 1. The first-order valence-corrected chi connectivity index (χ1v) is 9.12. The normalized spacial score (nSPS) is 12.0. The van der Waals surface area contributed by atoms with Crippen LogP contribution in [0.25, 0.3) is 11.3 Å². The summed E-state index contributed by atoms with van der Waals surface area (Å²) in [5.41, 5.74) is 1.46. The summed E-state index contributed by atoms with van der Waals surface area (Å²) >= 11 is 1.30. The van der Waals surface area contributed by atoms with Crippen LogP contribution in [0.2, 0.25) is 0 Å². The van der Waals surface area contributed by atoms with Crippen LogP contribution in [0.15, 0.2) is 29.6 Å². The Bertz CT molecular complexity index is 748. The average Bonchev–Trinajstić information content (AvgIpc) is 3.09. The molecular formula is C18H22FN3O3S. The fourth-order valence-corrected chi connectivity index (χ4v) is 3.15. The second kappa shape index (κ2) is 9.40. The van der Waals surface area contributed by atoms with Crippen molar-refractivity contribution < 1.29 is 18.7 Å². The third-order valence-electron chi connectivity index (χ3n) is 3.84. The Kier molecular flexibility index (Phi) is 7.23. The van der Waals surface area contributed by atoms with Gasteiger partial charge in [-0.05, 0) is 30.8 Å². The number of methoxy groups -OCH3 is 1. The Hall–Kier alpha value is -2.32. The van der Waals surface area contributed by atoms with Crippen LogP contribution in [0.5, 0.6) is 0 Å². The molecule has 140 valence electrons. The number of esters is 1. The topological polar surface area (TPSA) is 71.5 Å². The SMILES string of the molecule is CCN(CC(=O)Nc1nc(-c2ccc(F)cc2)cs1)CC(C)C(=O)OC. The number of anilines is 1. The predicted octanol–water partition coefficient (Wildman–Crippen LogP) is 3.02. The van der Waals surface area contributed by atoms with E-state index in [9.17, 15) is 14.0 Å². The summed E-state index contributed by atoms with van der Waals surface area (Å²) in [4.78, 5) is 30.0. The number of amides is 1. The van der Waals surface area contributed by atoms with Gasteiger partial charge in [-0.25, -0.2) is 9.37 Å². The maximum absolute atomic E-state index is 13.0. The maximum Gasteiger partial charge on any atom is 0.309 e. The van der Waals surface area contributed by atoms with E-state index in [1.54, 1.807) is 24.4 Å². The number of rotatable bonds is 8. The van der Waals surface area contributed by atoms with Crippen LogP contribution in [0, 0.1) is 11.7 Å². The summed E-state index contributed by atoms with van der Waals surface area (Å²) in [5.74, 6) is -1.12. The molecule has 0 aliphatic carbocycles. The average molecular weight is 379 g/mol. The van der Waals surface area contributed by atoms with Crippen LogP contribution in [0.1, 0.15) is 13.8 Å². The van der Waals surface area contributed by atoms with E-state index in [0.717, 1.165) is 5.56 Å². The molecule has 0 saturated carbocycles. The van der Waals surface area contributed by atoms with Gasteiger partial charge in [0.25, 0.3) is 0 Å². The Balaban J connectivity index is 1.92. The molecule has 0 aliphatic rings. The standard InChI is InChI=1S/C18H22FN3O3S/c1-4-22(9-12(2)17(24)25-3)10-16(23)21-18-20-15(11-26-18)13-5-7-14(19)8-6-13/h5-8,11-12H,4,9-10H2,1-3H3,(H,20,21,23). The van der Waals surface area contributed by atoms with E-state index in [0.29, 0.717) is 23.9 Å². The molecule has 0 aliphatic heterocycles. The number of likely N-dealkylation sites (N-methyl/N-ethyl adjacent to an activating group) is 1. The second-order valence-electron chi connectivity index (χ2n) is 5.84. The Morgan fingerprint density at radius 1 is 1.35 bits per heavy atom. The van der Waals surface area contributed by atoms with Gasteiger partial charge >= 0.3 is 5.97 Å². The Morgan fingerprint density at radius 2 is 2.04 bits per heavy atom. The molecule has 2 rings (SSSR count). The highest BCUT2D eigenvalue weighted by Gasteiger charge is 2.19. The van der Waals surface area contributed by atoms with E-state index in [2.05, 4.69) is 10.3 Å². The lowest BCUT2D eigenvalue weighted by molar-refractivity contribution is -0.145.